The topological polar surface area (TPSA) is 47.9 Å². The molecule has 0 spiro atoms. The summed E-state index contributed by atoms with van der Waals surface area (Å²) in [5.41, 5.74) is -0.579. The van der Waals surface area contributed by atoms with Crippen LogP contribution in [0.4, 0.5) is 0 Å². The molecule has 5 atom stereocenters. The zero-order chi connectivity index (χ0) is 12.1. The van der Waals surface area contributed by atoms with Crippen LogP contribution in [-0.4, -0.2) is 35.0 Å². The average Bonchev–Trinajstić information content (AvgIpc) is 2.52. The minimum Gasteiger partial charge on any atom is -0.366 e. The standard InChI is InChI=1S/C12H20O4/c1-6-12(5)7(2)8-9(10(13)16-12)15-11(3,4)14-8/h6-10,13H,1H2,2-5H3/t7-,8-,9-,10?,12+/m1/s1. The normalized spacial score (nSPS) is 51.1. The van der Waals surface area contributed by atoms with Crippen LogP contribution in [0.15, 0.2) is 12.7 Å². The van der Waals surface area contributed by atoms with E-state index in [1.54, 1.807) is 6.08 Å². The number of hydrogen-bond acceptors (Lipinski definition) is 4. The lowest BCUT2D eigenvalue weighted by Crippen LogP contribution is -2.56. The molecule has 2 saturated heterocycles. The fourth-order valence-electron chi connectivity index (χ4n) is 2.42. The van der Waals surface area contributed by atoms with Crippen LogP contribution in [-0.2, 0) is 14.2 Å². The van der Waals surface area contributed by atoms with E-state index >= 15 is 0 Å². The monoisotopic (exact) mass is 228 g/mol. The predicted molar refractivity (Wildman–Crippen MR) is 58.7 cm³/mol. The molecule has 2 aliphatic heterocycles. The minimum absolute atomic E-state index is 0.0835. The molecule has 0 aromatic heterocycles. The minimum atomic E-state index is -0.967. The molecule has 0 bridgehead atoms. The Morgan fingerprint density at radius 3 is 2.25 bits per heavy atom. The van der Waals surface area contributed by atoms with E-state index in [1.807, 2.05) is 27.7 Å². The van der Waals surface area contributed by atoms with Crippen molar-refractivity contribution in [2.75, 3.05) is 0 Å². The molecule has 2 heterocycles. The van der Waals surface area contributed by atoms with E-state index in [0.717, 1.165) is 0 Å². The summed E-state index contributed by atoms with van der Waals surface area (Å²) in [5.74, 6) is -0.583. The Kier molecular flexibility index (Phi) is 2.66. The zero-order valence-electron chi connectivity index (χ0n) is 10.3. The van der Waals surface area contributed by atoms with Gasteiger partial charge in [0.05, 0.1) is 11.7 Å². The maximum absolute atomic E-state index is 9.92. The Bertz CT molecular complexity index is 301. The molecule has 16 heavy (non-hydrogen) atoms. The lowest BCUT2D eigenvalue weighted by Gasteiger charge is -2.44. The summed E-state index contributed by atoms with van der Waals surface area (Å²) in [5, 5.41) is 9.92. The van der Waals surface area contributed by atoms with Gasteiger partial charge in [0.1, 0.15) is 6.10 Å². The first-order chi connectivity index (χ1) is 7.29. The van der Waals surface area contributed by atoms with Crippen molar-refractivity contribution in [3.05, 3.63) is 12.7 Å². The quantitative estimate of drug-likeness (QED) is 0.690. The van der Waals surface area contributed by atoms with E-state index in [2.05, 4.69) is 6.58 Å². The number of hydrogen-bond donors (Lipinski definition) is 1. The van der Waals surface area contributed by atoms with Gasteiger partial charge >= 0.3 is 0 Å². The highest BCUT2D eigenvalue weighted by Gasteiger charge is 2.56. The smallest absolute Gasteiger partial charge is 0.184 e. The van der Waals surface area contributed by atoms with Gasteiger partial charge in [-0.2, -0.15) is 0 Å². The van der Waals surface area contributed by atoms with Crippen molar-refractivity contribution < 1.29 is 19.3 Å². The van der Waals surface area contributed by atoms with E-state index in [0.29, 0.717) is 0 Å². The van der Waals surface area contributed by atoms with Crippen LogP contribution >= 0.6 is 0 Å². The highest BCUT2D eigenvalue weighted by molar-refractivity contribution is 5.07. The highest BCUT2D eigenvalue weighted by atomic mass is 16.8. The molecule has 92 valence electrons. The van der Waals surface area contributed by atoms with Gasteiger partial charge in [-0.15, -0.1) is 6.58 Å². The van der Waals surface area contributed by atoms with Gasteiger partial charge < -0.3 is 19.3 Å². The van der Waals surface area contributed by atoms with Gasteiger partial charge in [0.25, 0.3) is 0 Å². The first kappa shape index (κ1) is 12.0. The average molecular weight is 228 g/mol. The van der Waals surface area contributed by atoms with Gasteiger partial charge in [0.15, 0.2) is 12.1 Å². The van der Waals surface area contributed by atoms with Gasteiger partial charge in [0, 0.05) is 5.92 Å². The number of rotatable bonds is 1. The Balaban J connectivity index is 2.27. The second-order valence-corrected chi connectivity index (χ2v) is 5.25. The molecule has 0 radical (unpaired) electrons. The highest BCUT2D eigenvalue weighted by Crippen LogP contribution is 2.43. The maximum Gasteiger partial charge on any atom is 0.184 e. The summed E-state index contributed by atoms with van der Waals surface area (Å²) in [7, 11) is 0. The van der Waals surface area contributed by atoms with Crippen LogP contribution in [0, 0.1) is 5.92 Å². The lowest BCUT2D eigenvalue weighted by atomic mass is 9.81. The van der Waals surface area contributed by atoms with E-state index < -0.39 is 23.8 Å². The van der Waals surface area contributed by atoms with Crippen molar-refractivity contribution in [1.29, 1.82) is 0 Å². The van der Waals surface area contributed by atoms with E-state index in [4.69, 9.17) is 14.2 Å². The third-order valence-electron chi connectivity index (χ3n) is 3.62. The van der Waals surface area contributed by atoms with Crippen molar-refractivity contribution in [1.82, 2.24) is 0 Å². The molecule has 0 aliphatic carbocycles. The van der Waals surface area contributed by atoms with Crippen LogP contribution in [0.1, 0.15) is 27.7 Å². The van der Waals surface area contributed by atoms with E-state index in [9.17, 15) is 5.11 Å². The summed E-state index contributed by atoms with van der Waals surface area (Å²) in [6.45, 7) is 11.4. The second-order valence-electron chi connectivity index (χ2n) is 5.25. The van der Waals surface area contributed by atoms with Crippen molar-refractivity contribution >= 4 is 0 Å². The number of aliphatic hydroxyl groups is 1. The molecule has 4 nitrogen and oxygen atoms in total. The Morgan fingerprint density at radius 2 is 1.69 bits per heavy atom. The second kappa shape index (κ2) is 3.53. The first-order valence-electron chi connectivity index (χ1n) is 5.64. The molecule has 1 unspecified atom stereocenters. The third kappa shape index (κ3) is 1.70. The fourth-order valence-corrected chi connectivity index (χ4v) is 2.42. The lowest BCUT2D eigenvalue weighted by molar-refractivity contribution is -0.263. The van der Waals surface area contributed by atoms with Crippen LogP contribution < -0.4 is 0 Å². The predicted octanol–water partition coefficient (Wildman–Crippen LogP) is 1.44. The third-order valence-corrected chi connectivity index (χ3v) is 3.62. The maximum atomic E-state index is 9.92. The van der Waals surface area contributed by atoms with Gasteiger partial charge in [-0.3, -0.25) is 0 Å². The molecule has 1 N–H and O–H groups in total. The largest absolute Gasteiger partial charge is 0.366 e. The summed E-state index contributed by atoms with van der Waals surface area (Å²) >= 11 is 0. The van der Waals surface area contributed by atoms with Crippen molar-refractivity contribution in [3.8, 4) is 0 Å². The van der Waals surface area contributed by atoms with Gasteiger partial charge in [-0.25, -0.2) is 0 Å². The Morgan fingerprint density at radius 1 is 1.12 bits per heavy atom. The molecule has 0 amide bonds. The van der Waals surface area contributed by atoms with Crippen LogP contribution in [0.2, 0.25) is 0 Å². The van der Waals surface area contributed by atoms with Gasteiger partial charge in [-0.05, 0) is 20.8 Å². The van der Waals surface area contributed by atoms with Crippen molar-refractivity contribution in [2.45, 2.75) is 57.6 Å². The van der Waals surface area contributed by atoms with Crippen molar-refractivity contribution in [2.24, 2.45) is 5.92 Å². The summed E-state index contributed by atoms with van der Waals surface area (Å²) in [6, 6.07) is 0. The molecule has 4 heteroatoms. The summed E-state index contributed by atoms with van der Waals surface area (Å²) < 4.78 is 17.0. The molecule has 0 aromatic carbocycles. The number of ether oxygens (including phenoxy) is 3. The SMILES string of the molecule is C=C[C@]1(C)OC(O)[C@@H]2OC(C)(C)O[C@@H]2[C@H]1C. The fraction of sp³-hybridized carbons (Fsp3) is 0.833. The van der Waals surface area contributed by atoms with Gasteiger partial charge in [-0.1, -0.05) is 13.0 Å². The first-order valence-corrected chi connectivity index (χ1v) is 5.64. The Hall–Kier alpha value is -0.420. The van der Waals surface area contributed by atoms with Crippen LogP contribution in [0.5, 0.6) is 0 Å². The molecule has 0 saturated carbocycles. The van der Waals surface area contributed by atoms with Crippen LogP contribution in [0.25, 0.3) is 0 Å². The molecular formula is C12H20O4. The summed E-state index contributed by atoms with van der Waals surface area (Å²) in [6.07, 6.45) is 0.164. The van der Waals surface area contributed by atoms with E-state index in [1.165, 1.54) is 0 Å². The zero-order valence-corrected chi connectivity index (χ0v) is 10.3. The number of fused-ring (bicyclic) bond motifs is 1. The molecule has 2 rings (SSSR count). The Labute approximate surface area is 96.2 Å². The molecule has 2 aliphatic rings. The number of aliphatic hydroxyl groups excluding tert-OH is 1. The molecule has 2 fully saturated rings. The molecular weight excluding hydrogens is 208 g/mol. The van der Waals surface area contributed by atoms with Gasteiger partial charge in [0.2, 0.25) is 0 Å². The molecule has 0 aromatic rings. The van der Waals surface area contributed by atoms with Crippen LogP contribution in [0.3, 0.4) is 0 Å². The van der Waals surface area contributed by atoms with E-state index in [-0.39, 0.29) is 12.0 Å². The van der Waals surface area contributed by atoms with Crippen molar-refractivity contribution in [3.63, 3.8) is 0 Å². The summed E-state index contributed by atoms with van der Waals surface area (Å²) in [4.78, 5) is 0.